The standard InChI is InChI=1S/C27H31N5O5/c1-27(2,35)16-6-7-21-19(12-16)25(33)32(26(34)30(21)3)17-8-10-31(11-9-17)24-18-13-22(36-4)23(37-5)14-20(18)28-15-29-24/h6-7,12-15,17,35H,8-11H2,1-5H3. The van der Waals surface area contributed by atoms with Crippen LogP contribution in [0.5, 0.6) is 11.5 Å². The van der Waals surface area contributed by atoms with E-state index < -0.39 is 5.60 Å². The number of ether oxygens (including phenoxy) is 2. The van der Waals surface area contributed by atoms with Gasteiger partial charge in [0.15, 0.2) is 11.5 Å². The second kappa shape index (κ2) is 9.19. The van der Waals surface area contributed by atoms with E-state index >= 15 is 0 Å². The SMILES string of the molecule is COc1cc2ncnc(N3CCC(n4c(=O)c5cc(C(C)(C)O)ccc5n(C)c4=O)CC3)c2cc1OC. The van der Waals surface area contributed by atoms with Crippen molar-refractivity contribution in [1.29, 1.82) is 0 Å². The zero-order valence-corrected chi connectivity index (χ0v) is 21.7. The lowest BCUT2D eigenvalue weighted by atomic mass is 9.97. The van der Waals surface area contributed by atoms with Crippen LogP contribution in [0.3, 0.4) is 0 Å². The maximum Gasteiger partial charge on any atom is 0.331 e. The summed E-state index contributed by atoms with van der Waals surface area (Å²) in [6, 6.07) is 8.62. The Labute approximate surface area is 213 Å². The minimum Gasteiger partial charge on any atom is -0.493 e. The predicted molar refractivity (Wildman–Crippen MR) is 142 cm³/mol. The zero-order chi connectivity index (χ0) is 26.5. The summed E-state index contributed by atoms with van der Waals surface area (Å²) in [5, 5.41) is 11.7. The number of aliphatic hydroxyl groups is 1. The first kappa shape index (κ1) is 24.8. The van der Waals surface area contributed by atoms with Crippen molar-refractivity contribution in [3.05, 3.63) is 63.1 Å². The van der Waals surface area contributed by atoms with Crippen LogP contribution < -0.4 is 25.6 Å². The summed E-state index contributed by atoms with van der Waals surface area (Å²) in [4.78, 5) is 37.9. The first-order valence-electron chi connectivity index (χ1n) is 12.2. The highest BCUT2D eigenvalue weighted by Gasteiger charge is 2.27. The van der Waals surface area contributed by atoms with Gasteiger partial charge in [0.05, 0.1) is 36.2 Å². The monoisotopic (exact) mass is 505 g/mol. The summed E-state index contributed by atoms with van der Waals surface area (Å²) in [7, 11) is 4.85. The minimum atomic E-state index is -1.10. The number of rotatable bonds is 5. The number of benzene rings is 2. The largest absolute Gasteiger partial charge is 0.493 e. The van der Waals surface area contributed by atoms with Crippen molar-refractivity contribution in [2.45, 2.75) is 38.3 Å². The third kappa shape index (κ3) is 4.21. The van der Waals surface area contributed by atoms with E-state index in [0.717, 1.165) is 16.7 Å². The molecule has 2 aromatic heterocycles. The summed E-state index contributed by atoms with van der Waals surface area (Å²) in [6.45, 7) is 4.57. The molecule has 4 aromatic rings. The molecule has 0 aliphatic carbocycles. The number of nitrogens with zero attached hydrogens (tertiary/aromatic N) is 5. The van der Waals surface area contributed by atoms with E-state index in [2.05, 4.69) is 14.9 Å². The van der Waals surface area contributed by atoms with Crippen molar-refractivity contribution >= 4 is 27.6 Å². The number of piperidine rings is 1. The lowest BCUT2D eigenvalue weighted by molar-refractivity contribution is 0.0787. The maximum atomic E-state index is 13.5. The van der Waals surface area contributed by atoms with Crippen LogP contribution in [0.1, 0.15) is 38.3 Å². The van der Waals surface area contributed by atoms with Crippen LogP contribution in [0.4, 0.5) is 5.82 Å². The molecule has 2 aromatic carbocycles. The summed E-state index contributed by atoms with van der Waals surface area (Å²) < 4.78 is 13.8. The number of fused-ring (bicyclic) bond motifs is 2. The lowest BCUT2D eigenvalue weighted by Gasteiger charge is -2.34. The third-order valence-corrected chi connectivity index (χ3v) is 7.26. The number of methoxy groups -OCH3 is 2. The van der Waals surface area contributed by atoms with Gasteiger partial charge in [-0.05, 0) is 50.5 Å². The van der Waals surface area contributed by atoms with E-state index in [-0.39, 0.29) is 17.3 Å². The summed E-state index contributed by atoms with van der Waals surface area (Å²) >= 11 is 0. The quantitative estimate of drug-likeness (QED) is 0.441. The van der Waals surface area contributed by atoms with Crippen molar-refractivity contribution < 1.29 is 14.6 Å². The highest BCUT2D eigenvalue weighted by molar-refractivity contribution is 5.92. The molecular weight excluding hydrogens is 474 g/mol. The third-order valence-electron chi connectivity index (χ3n) is 7.26. The Morgan fingerprint density at radius 3 is 2.30 bits per heavy atom. The van der Waals surface area contributed by atoms with Gasteiger partial charge in [-0.3, -0.25) is 13.9 Å². The van der Waals surface area contributed by atoms with E-state index in [1.54, 1.807) is 53.3 Å². The number of anilines is 1. The average molecular weight is 506 g/mol. The predicted octanol–water partition coefficient (Wildman–Crippen LogP) is 2.73. The molecule has 0 bridgehead atoms. The highest BCUT2D eigenvalue weighted by Crippen LogP contribution is 2.36. The van der Waals surface area contributed by atoms with Gasteiger partial charge in [0, 0.05) is 37.6 Å². The molecule has 10 nitrogen and oxygen atoms in total. The van der Waals surface area contributed by atoms with Crippen LogP contribution in [0.15, 0.2) is 46.2 Å². The molecule has 10 heteroatoms. The molecule has 0 unspecified atom stereocenters. The Kier molecular flexibility index (Phi) is 6.15. The number of aryl methyl sites for hydroxylation is 1. The summed E-state index contributed by atoms with van der Waals surface area (Å²) in [5.41, 5.74) is 0.155. The summed E-state index contributed by atoms with van der Waals surface area (Å²) in [6.07, 6.45) is 2.73. The Morgan fingerprint density at radius 1 is 0.973 bits per heavy atom. The van der Waals surface area contributed by atoms with Crippen LogP contribution in [0.25, 0.3) is 21.8 Å². The van der Waals surface area contributed by atoms with E-state index in [1.165, 1.54) is 15.5 Å². The van der Waals surface area contributed by atoms with Crippen molar-refractivity contribution in [3.8, 4) is 11.5 Å². The molecule has 0 spiro atoms. The molecule has 0 amide bonds. The molecule has 37 heavy (non-hydrogen) atoms. The molecule has 194 valence electrons. The zero-order valence-electron chi connectivity index (χ0n) is 21.7. The number of hydrogen-bond donors (Lipinski definition) is 1. The van der Waals surface area contributed by atoms with Crippen molar-refractivity contribution in [3.63, 3.8) is 0 Å². The normalized spacial score (nSPS) is 14.9. The molecule has 5 rings (SSSR count). The van der Waals surface area contributed by atoms with Gasteiger partial charge >= 0.3 is 5.69 Å². The number of hydrogen-bond acceptors (Lipinski definition) is 8. The lowest BCUT2D eigenvalue weighted by Crippen LogP contribution is -2.45. The first-order valence-corrected chi connectivity index (χ1v) is 12.2. The molecule has 0 saturated carbocycles. The van der Waals surface area contributed by atoms with Crippen LogP contribution in [-0.2, 0) is 12.6 Å². The molecular formula is C27H31N5O5. The van der Waals surface area contributed by atoms with Gasteiger partial charge in [-0.2, -0.15) is 0 Å². The van der Waals surface area contributed by atoms with Gasteiger partial charge in [-0.25, -0.2) is 14.8 Å². The Morgan fingerprint density at radius 2 is 1.65 bits per heavy atom. The Bertz CT molecular complexity index is 1610. The molecule has 3 heterocycles. The number of aromatic nitrogens is 4. The van der Waals surface area contributed by atoms with Crippen LogP contribution in [0, 0.1) is 0 Å². The second-order valence-corrected chi connectivity index (χ2v) is 9.95. The van der Waals surface area contributed by atoms with Crippen LogP contribution in [0.2, 0.25) is 0 Å². The van der Waals surface area contributed by atoms with Crippen LogP contribution in [-0.4, -0.2) is 51.5 Å². The topological polar surface area (TPSA) is 112 Å². The minimum absolute atomic E-state index is 0.250. The fourth-order valence-corrected chi connectivity index (χ4v) is 5.14. The molecule has 1 fully saturated rings. The van der Waals surface area contributed by atoms with Crippen LogP contribution >= 0.6 is 0 Å². The average Bonchev–Trinajstić information content (AvgIpc) is 2.90. The molecule has 1 N–H and O–H groups in total. The van der Waals surface area contributed by atoms with Gasteiger partial charge < -0.3 is 19.5 Å². The summed E-state index contributed by atoms with van der Waals surface area (Å²) in [5.74, 6) is 1.97. The molecule has 1 aliphatic heterocycles. The van der Waals surface area contributed by atoms with Gasteiger partial charge in [0.2, 0.25) is 0 Å². The van der Waals surface area contributed by atoms with Crippen molar-refractivity contribution in [2.24, 2.45) is 7.05 Å². The van der Waals surface area contributed by atoms with E-state index in [1.807, 2.05) is 12.1 Å². The molecule has 0 atom stereocenters. The Hall–Kier alpha value is -3.92. The van der Waals surface area contributed by atoms with E-state index in [4.69, 9.17) is 9.47 Å². The fraction of sp³-hybridized carbons (Fsp3) is 0.407. The van der Waals surface area contributed by atoms with E-state index in [0.29, 0.717) is 53.9 Å². The van der Waals surface area contributed by atoms with Gasteiger partial charge in [0.1, 0.15) is 12.1 Å². The van der Waals surface area contributed by atoms with Gasteiger partial charge in [0.25, 0.3) is 5.56 Å². The Balaban J connectivity index is 1.49. The maximum absolute atomic E-state index is 13.5. The van der Waals surface area contributed by atoms with Crippen molar-refractivity contribution in [2.75, 3.05) is 32.2 Å². The smallest absolute Gasteiger partial charge is 0.331 e. The fourth-order valence-electron chi connectivity index (χ4n) is 5.14. The van der Waals surface area contributed by atoms with Gasteiger partial charge in [-0.1, -0.05) is 6.07 Å². The van der Waals surface area contributed by atoms with Crippen molar-refractivity contribution in [1.82, 2.24) is 19.1 Å². The molecule has 0 radical (unpaired) electrons. The van der Waals surface area contributed by atoms with Gasteiger partial charge in [-0.15, -0.1) is 0 Å². The molecule has 1 aliphatic rings. The van der Waals surface area contributed by atoms with E-state index in [9.17, 15) is 14.7 Å². The first-order chi connectivity index (χ1) is 17.6. The second-order valence-electron chi connectivity index (χ2n) is 9.95. The highest BCUT2D eigenvalue weighted by atomic mass is 16.5. The molecule has 1 saturated heterocycles.